The molecule has 0 fully saturated rings. The van der Waals surface area contributed by atoms with Crippen LogP contribution in [0.3, 0.4) is 0 Å². The van der Waals surface area contributed by atoms with Crippen LogP contribution in [0.25, 0.3) is 104 Å². The van der Waals surface area contributed by atoms with Crippen molar-refractivity contribution in [1.29, 1.82) is 0 Å². The SMILES string of the molecule is c1cc(-c2ccc(N(c3ccccc3-c3ccc4ccccc4c3)c3ccccc3-c3ccc4c(c3)oc3c5ccccc5ccc43)cc2)cc(-n2c3ccccc3c3ccccc32)c1. The Bertz CT molecular complexity index is 3910. The predicted molar refractivity (Wildman–Crippen MR) is 274 cm³/mol. The average Bonchev–Trinajstić information content (AvgIpc) is 3.93. The summed E-state index contributed by atoms with van der Waals surface area (Å²) in [4.78, 5) is 2.43. The highest BCUT2D eigenvalue weighted by molar-refractivity contribution is 6.15. The van der Waals surface area contributed by atoms with E-state index < -0.39 is 0 Å². The molecule has 0 amide bonds. The lowest BCUT2D eigenvalue weighted by molar-refractivity contribution is 0.673. The van der Waals surface area contributed by atoms with Crippen LogP contribution in [0.2, 0.25) is 0 Å². The van der Waals surface area contributed by atoms with Crippen molar-refractivity contribution in [3.8, 4) is 39.1 Å². The molecule has 0 saturated heterocycles. The molecule has 0 bridgehead atoms. The van der Waals surface area contributed by atoms with Crippen LogP contribution in [0.5, 0.6) is 0 Å². The van der Waals surface area contributed by atoms with E-state index in [2.05, 4.69) is 252 Å². The Balaban J connectivity index is 0.962. The third kappa shape index (κ3) is 6.12. The van der Waals surface area contributed by atoms with Crippen molar-refractivity contribution >= 4 is 82.4 Å². The van der Waals surface area contributed by atoms with E-state index in [0.717, 1.165) is 83.5 Å². The minimum atomic E-state index is 0.874. The number of nitrogens with zero attached hydrogens (tertiary/aromatic N) is 2. The Morgan fingerprint density at radius 1 is 0.323 bits per heavy atom. The third-order valence-corrected chi connectivity index (χ3v) is 13.2. The van der Waals surface area contributed by atoms with Gasteiger partial charge in [-0.1, -0.05) is 170 Å². The monoisotopic (exact) mass is 828 g/mol. The van der Waals surface area contributed by atoms with Crippen LogP contribution < -0.4 is 4.90 Å². The number of hydrogen-bond donors (Lipinski definition) is 0. The molecule has 13 aromatic rings. The maximum atomic E-state index is 6.72. The van der Waals surface area contributed by atoms with Crippen molar-refractivity contribution in [3.63, 3.8) is 0 Å². The van der Waals surface area contributed by atoms with Crippen LogP contribution in [-0.2, 0) is 0 Å². The maximum Gasteiger partial charge on any atom is 0.143 e. The van der Waals surface area contributed by atoms with Gasteiger partial charge in [0.1, 0.15) is 11.2 Å². The summed E-state index contributed by atoms with van der Waals surface area (Å²) < 4.78 is 9.11. The van der Waals surface area contributed by atoms with E-state index in [9.17, 15) is 0 Å². The minimum absolute atomic E-state index is 0.874. The first-order valence-corrected chi connectivity index (χ1v) is 22.2. The summed E-state index contributed by atoms with van der Waals surface area (Å²) in [6, 6.07) is 87.8. The van der Waals surface area contributed by atoms with Gasteiger partial charge in [0.25, 0.3) is 0 Å². The summed E-state index contributed by atoms with van der Waals surface area (Å²) in [5.74, 6) is 0. The van der Waals surface area contributed by atoms with E-state index >= 15 is 0 Å². The summed E-state index contributed by atoms with van der Waals surface area (Å²) in [6.45, 7) is 0. The molecule has 0 aliphatic heterocycles. The Labute approximate surface area is 376 Å². The molecule has 13 rings (SSSR count). The second kappa shape index (κ2) is 15.0. The molecule has 0 saturated carbocycles. The summed E-state index contributed by atoms with van der Waals surface area (Å²) in [6.07, 6.45) is 0. The molecule has 3 heteroatoms. The van der Waals surface area contributed by atoms with Gasteiger partial charge in [-0.15, -0.1) is 0 Å². The lowest BCUT2D eigenvalue weighted by atomic mass is 9.96. The lowest BCUT2D eigenvalue weighted by Gasteiger charge is -2.30. The highest BCUT2D eigenvalue weighted by Crippen LogP contribution is 2.46. The summed E-state index contributed by atoms with van der Waals surface area (Å²) in [5, 5.41) is 9.50. The summed E-state index contributed by atoms with van der Waals surface area (Å²) in [5.41, 5.74) is 15.4. The van der Waals surface area contributed by atoms with Gasteiger partial charge in [0.15, 0.2) is 0 Å². The number of fused-ring (bicyclic) bond motifs is 9. The molecule has 0 N–H and O–H groups in total. The fraction of sp³-hybridized carbons (Fsp3) is 0. The molecule has 0 aliphatic carbocycles. The van der Waals surface area contributed by atoms with Gasteiger partial charge in [-0.2, -0.15) is 0 Å². The molecule has 2 aromatic heterocycles. The van der Waals surface area contributed by atoms with Crippen LogP contribution in [0.1, 0.15) is 0 Å². The van der Waals surface area contributed by atoms with E-state index in [0.29, 0.717) is 0 Å². The van der Waals surface area contributed by atoms with Gasteiger partial charge in [-0.25, -0.2) is 0 Å². The normalized spacial score (nSPS) is 11.7. The van der Waals surface area contributed by atoms with E-state index in [1.54, 1.807) is 0 Å². The molecular weight excluding hydrogens is 789 g/mol. The fourth-order valence-electron chi connectivity index (χ4n) is 10.1. The van der Waals surface area contributed by atoms with Crippen molar-refractivity contribution in [2.75, 3.05) is 4.90 Å². The van der Waals surface area contributed by atoms with E-state index in [1.807, 2.05) is 0 Å². The zero-order valence-electron chi connectivity index (χ0n) is 35.4. The van der Waals surface area contributed by atoms with Gasteiger partial charge >= 0.3 is 0 Å². The van der Waals surface area contributed by atoms with Crippen LogP contribution in [0.4, 0.5) is 17.1 Å². The predicted octanol–water partition coefficient (Wildman–Crippen LogP) is 17.5. The number of furan rings is 1. The highest BCUT2D eigenvalue weighted by Gasteiger charge is 2.22. The van der Waals surface area contributed by atoms with Crippen LogP contribution >= 0.6 is 0 Å². The number of aromatic nitrogens is 1. The van der Waals surface area contributed by atoms with Crippen LogP contribution in [0.15, 0.2) is 247 Å². The van der Waals surface area contributed by atoms with Gasteiger partial charge in [0.2, 0.25) is 0 Å². The summed E-state index contributed by atoms with van der Waals surface area (Å²) in [7, 11) is 0. The Kier molecular flexibility index (Phi) is 8.53. The van der Waals surface area contributed by atoms with Crippen LogP contribution in [-0.4, -0.2) is 4.57 Å². The molecule has 2 heterocycles. The number of para-hydroxylation sites is 4. The standard InChI is InChI=1S/C62H40N2O/c1-2-16-44-38-46(29-28-41(44)14-1)50-19-5-9-24-57(50)63(58-25-10-6-20-51(58)47-33-36-55-56-37-32-43-15-3-4-21-52(43)62(56)65-61(55)40-47)48-34-30-42(31-35-48)45-17-13-18-49(39-45)64-59-26-11-7-22-53(59)54-23-8-12-27-60(54)64/h1-40H. The average molecular weight is 829 g/mol. The van der Waals surface area contributed by atoms with Gasteiger partial charge in [0, 0.05) is 49.4 Å². The Hall–Kier alpha value is -8.66. The van der Waals surface area contributed by atoms with Gasteiger partial charge in [-0.05, 0) is 111 Å². The van der Waals surface area contributed by atoms with Crippen molar-refractivity contribution in [2.45, 2.75) is 0 Å². The second-order valence-electron chi connectivity index (χ2n) is 16.9. The van der Waals surface area contributed by atoms with Gasteiger partial charge in [-0.3, -0.25) is 0 Å². The molecule has 304 valence electrons. The molecule has 65 heavy (non-hydrogen) atoms. The molecule has 11 aromatic carbocycles. The molecule has 0 atom stereocenters. The molecule has 0 spiro atoms. The summed E-state index contributed by atoms with van der Waals surface area (Å²) >= 11 is 0. The van der Waals surface area contributed by atoms with Crippen molar-refractivity contribution in [3.05, 3.63) is 243 Å². The zero-order chi connectivity index (χ0) is 42.8. The number of benzene rings is 11. The first-order valence-electron chi connectivity index (χ1n) is 22.2. The van der Waals surface area contributed by atoms with E-state index in [4.69, 9.17) is 4.42 Å². The van der Waals surface area contributed by atoms with E-state index in [1.165, 1.54) is 38.0 Å². The Morgan fingerprint density at radius 2 is 0.877 bits per heavy atom. The van der Waals surface area contributed by atoms with Crippen molar-refractivity contribution < 1.29 is 4.42 Å². The number of rotatable bonds is 7. The third-order valence-electron chi connectivity index (χ3n) is 13.2. The maximum absolute atomic E-state index is 6.72. The Morgan fingerprint density at radius 3 is 1.62 bits per heavy atom. The zero-order valence-corrected chi connectivity index (χ0v) is 35.4. The largest absolute Gasteiger partial charge is 0.455 e. The van der Waals surface area contributed by atoms with Gasteiger partial charge in [0.05, 0.1) is 22.4 Å². The molecule has 0 unspecified atom stereocenters. The smallest absolute Gasteiger partial charge is 0.143 e. The quantitative estimate of drug-likeness (QED) is 0.160. The minimum Gasteiger partial charge on any atom is -0.455 e. The van der Waals surface area contributed by atoms with Crippen LogP contribution in [0, 0.1) is 0 Å². The highest BCUT2D eigenvalue weighted by atomic mass is 16.3. The first-order chi connectivity index (χ1) is 32.2. The van der Waals surface area contributed by atoms with Crippen molar-refractivity contribution in [2.24, 2.45) is 0 Å². The lowest BCUT2D eigenvalue weighted by Crippen LogP contribution is -2.12. The fourth-order valence-corrected chi connectivity index (χ4v) is 10.1. The molecular formula is C62H40N2O. The molecule has 0 aliphatic rings. The first kappa shape index (κ1) is 36.9. The molecule has 0 radical (unpaired) electrons. The number of anilines is 3. The number of hydrogen-bond acceptors (Lipinski definition) is 2. The molecule has 3 nitrogen and oxygen atoms in total. The van der Waals surface area contributed by atoms with Gasteiger partial charge < -0.3 is 13.9 Å². The topological polar surface area (TPSA) is 21.3 Å². The second-order valence-corrected chi connectivity index (χ2v) is 16.9. The van der Waals surface area contributed by atoms with E-state index in [-0.39, 0.29) is 0 Å². The van der Waals surface area contributed by atoms with Crippen molar-refractivity contribution in [1.82, 2.24) is 4.57 Å².